The Hall–Kier alpha value is -1.71. The number of nitrogens with one attached hydrogen (secondary N) is 1. The van der Waals surface area contributed by atoms with Gasteiger partial charge in [-0.1, -0.05) is 13.8 Å². The third kappa shape index (κ3) is 2.42. The molecule has 1 aromatic rings. The zero-order chi connectivity index (χ0) is 13.3. The van der Waals surface area contributed by atoms with E-state index in [1.807, 2.05) is 19.1 Å². The highest BCUT2D eigenvalue weighted by molar-refractivity contribution is 5.73. The molecule has 1 heterocycles. The predicted octanol–water partition coefficient (Wildman–Crippen LogP) is 2.14. The minimum absolute atomic E-state index is 0.0125. The first kappa shape index (κ1) is 12.7. The molecule has 1 aliphatic heterocycles. The molecule has 0 fully saturated rings. The first-order chi connectivity index (χ1) is 8.40. The van der Waals surface area contributed by atoms with Gasteiger partial charge in [-0.15, -0.1) is 0 Å². The molecule has 1 amide bonds. The van der Waals surface area contributed by atoms with Gasteiger partial charge in [0.05, 0.1) is 0 Å². The van der Waals surface area contributed by atoms with Crippen molar-refractivity contribution in [1.29, 1.82) is 0 Å². The van der Waals surface area contributed by atoms with Gasteiger partial charge in [-0.3, -0.25) is 4.79 Å². The Balaban J connectivity index is 2.29. The second-order valence-electron chi connectivity index (χ2n) is 5.31. The van der Waals surface area contributed by atoms with Gasteiger partial charge >= 0.3 is 0 Å². The first-order valence-electron chi connectivity index (χ1n) is 6.05. The molecule has 0 aromatic heterocycles. The minimum Gasteiger partial charge on any atom is -0.454 e. The van der Waals surface area contributed by atoms with Crippen molar-refractivity contribution in [2.45, 2.75) is 33.1 Å². The summed E-state index contributed by atoms with van der Waals surface area (Å²) in [4.78, 5) is 11.0. The quantitative estimate of drug-likeness (QED) is 0.892. The average molecular weight is 249 g/mol. The molecule has 98 valence electrons. The number of carbonyl (C=O) groups is 1. The number of fused-ring (bicyclic) bond motifs is 1. The van der Waals surface area contributed by atoms with Gasteiger partial charge in [-0.2, -0.15) is 0 Å². The zero-order valence-electron chi connectivity index (χ0n) is 11.3. The maximum absolute atomic E-state index is 11.0. The number of aryl methyl sites for hydroxylation is 1. The van der Waals surface area contributed by atoms with Gasteiger partial charge in [0.2, 0.25) is 12.7 Å². The Morgan fingerprint density at radius 3 is 2.56 bits per heavy atom. The summed E-state index contributed by atoms with van der Waals surface area (Å²) in [6.07, 6.45) is 0. The summed E-state index contributed by atoms with van der Waals surface area (Å²) in [6.45, 7) is 8.67. The van der Waals surface area contributed by atoms with Gasteiger partial charge in [0.25, 0.3) is 0 Å². The zero-order valence-corrected chi connectivity index (χ0v) is 11.3. The Kier molecular flexibility index (Phi) is 3.20. The van der Waals surface area contributed by atoms with E-state index in [1.54, 1.807) is 0 Å². The minimum atomic E-state index is -0.142. The SMILES string of the molecule is CC(=O)NCC(C)(C)c1cc2c(cc1C)OCO2. The van der Waals surface area contributed by atoms with Crippen LogP contribution in [0.3, 0.4) is 0 Å². The molecule has 18 heavy (non-hydrogen) atoms. The van der Waals surface area contributed by atoms with E-state index in [-0.39, 0.29) is 18.1 Å². The van der Waals surface area contributed by atoms with Crippen LogP contribution in [-0.2, 0) is 10.2 Å². The molecule has 1 aliphatic rings. The summed E-state index contributed by atoms with van der Waals surface area (Å²) in [7, 11) is 0. The van der Waals surface area contributed by atoms with Crippen LogP contribution < -0.4 is 14.8 Å². The molecule has 0 radical (unpaired) electrons. The second-order valence-corrected chi connectivity index (χ2v) is 5.31. The fraction of sp³-hybridized carbons (Fsp3) is 0.500. The lowest BCUT2D eigenvalue weighted by atomic mass is 9.81. The van der Waals surface area contributed by atoms with Gasteiger partial charge < -0.3 is 14.8 Å². The van der Waals surface area contributed by atoms with E-state index in [2.05, 4.69) is 19.2 Å². The molecule has 0 bridgehead atoms. The molecule has 0 saturated heterocycles. The third-order valence-electron chi connectivity index (χ3n) is 3.23. The standard InChI is InChI=1S/C14H19NO3/c1-9-5-12-13(18-8-17-12)6-11(9)14(3,4)7-15-10(2)16/h5-6H,7-8H2,1-4H3,(H,15,16). The number of hydrogen-bond acceptors (Lipinski definition) is 3. The van der Waals surface area contributed by atoms with E-state index in [0.717, 1.165) is 17.1 Å². The fourth-order valence-corrected chi connectivity index (χ4v) is 2.21. The van der Waals surface area contributed by atoms with E-state index in [0.29, 0.717) is 6.54 Å². The smallest absolute Gasteiger partial charge is 0.231 e. The van der Waals surface area contributed by atoms with Gasteiger partial charge in [0.15, 0.2) is 11.5 Å². The lowest BCUT2D eigenvalue weighted by Gasteiger charge is -2.27. The highest BCUT2D eigenvalue weighted by atomic mass is 16.7. The summed E-state index contributed by atoms with van der Waals surface area (Å²) < 4.78 is 10.8. The Labute approximate surface area is 107 Å². The van der Waals surface area contributed by atoms with Crippen molar-refractivity contribution in [2.24, 2.45) is 0 Å². The summed E-state index contributed by atoms with van der Waals surface area (Å²) in [5, 5.41) is 2.87. The second kappa shape index (κ2) is 4.52. The van der Waals surface area contributed by atoms with Crippen LogP contribution in [0.25, 0.3) is 0 Å². The number of hydrogen-bond donors (Lipinski definition) is 1. The van der Waals surface area contributed by atoms with E-state index in [9.17, 15) is 4.79 Å². The van der Waals surface area contributed by atoms with E-state index in [4.69, 9.17) is 9.47 Å². The Morgan fingerprint density at radius 2 is 1.94 bits per heavy atom. The number of rotatable bonds is 3. The molecular weight excluding hydrogens is 230 g/mol. The van der Waals surface area contributed by atoms with Crippen LogP contribution in [-0.4, -0.2) is 19.2 Å². The Morgan fingerprint density at radius 1 is 1.33 bits per heavy atom. The molecule has 0 saturated carbocycles. The highest BCUT2D eigenvalue weighted by Gasteiger charge is 2.26. The predicted molar refractivity (Wildman–Crippen MR) is 69.0 cm³/mol. The van der Waals surface area contributed by atoms with Crippen LogP contribution in [0.1, 0.15) is 31.9 Å². The molecule has 1 aromatic carbocycles. The van der Waals surface area contributed by atoms with Crippen LogP contribution in [0.2, 0.25) is 0 Å². The van der Waals surface area contributed by atoms with Gasteiger partial charge in [0.1, 0.15) is 0 Å². The summed E-state index contributed by atoms with van der Waals surface area (Å²) >= 11 is 0. The molecule has 4 heteroatoms. The molecule has 0 aliphatic carbocycles. The van der Waals surface area contributed by atoms with Crippen molar-refractivity contribution in [3.05, 3.63) is 23.3 Å². The van der Waals surface area contributed by atoms with E-state index < -0.39 is 0 Å². The lowest BCUT2D eigenvalue weighted by Crippen LogP contribution is -2.35. The van der Waals surface area contributed by atoms with Gasteiger partial charge in [0, 0.05) is 18.9 Å². The van der Waals surface area contributed by atoms with Crippen LogP contribution in [0.4, 0.5) is 0 Å². The molecule has 1 N–H and O–H groups in total. The molecule has 0 atom stereocenters. The van der Waals surface area contributed by atoms with Crippen LogP contribution in [0.15, 0.2) is 12.1 Å². The van der Waals surface area contributed by atoms with Crippen molar-refractivity contribution >= 4 is 5.91 Å². The van der Waals surface area contributed by atoms with Crippen LogP contribution >= 0.6 is 0 Å². The number of benzene rings is 1. The highest BCUT2D eigenvalue weighted by Crippen LogP contribution is 2.38. The normalized spacial score (nSPS) is 13.6. The number of carbonyl (C=O) groups excluding carboxylic acids is 1. The van der Waals surface area contributed by atoms with Crippen molar-refractivity contribution in [2.75, 3.05) is 13.3 Å². The third-order valence-corrected chi connectivity index (χ3v) is 3.23. The van der Waals surface area contributed by atoms with Gasteiger partial charge in [-0.05, 0) is 30.2 Å². The topological polar surface area (TPSA) is 47.6 Å². The molecule has 2 rings (SSSR count). The summed E-state index contributed by atoms with van der Waals surface area (Å²) in [5.74, 6) is 1.57. The van der Waals surface area contributed by atoms with E-state index >= 15 is 0 Å². The average Bonchev–Trinajstić information content (AvgIpc) is 2.72. The maximum Gasteiger partial charge on any atom is 0.231 e. The van der Waals surface area contributed by atoms with Crippen molar-refractivity contribution in [3.63, 3.8) is 0 Å². The molecule has 0 spiro atoms. The molecule has 0 unspecified atom stereocenters. The number of ether oxygens (including phenoxy) is 2. The van der Waals surface area contributed by atoms with Crippen molar-refractivity contribution in [1.82, 2.24) is 5.32 Å². The maximum atomic E-state index is 11.0. The van der Waals surface area contributed by atoms with E-state index in [1.165, 1.54) is 12.5 Å². The number of amides is 1. The summed E-state index contributed by atoms with van der Waals surface area (Å²) in [6, 6.07) is 4.01. The van der Waals surface area contributed by atoms with Crippen LogP contribution in [0.5, 0.6) is 11.5 Å². The van der Waals surface area contributed by atoms with Crippen molar-refractivity contribution in [3.8, 4) is 11.5 Å². The summed E-state index contributed by atoms with van der Waals surface area (Å²) in [5.41, 5.74) is 2.17. The lowest BCUT2D eigenvalue weighted by molar-refractivity contribution is -0.119. The first-order valence-corrected chi connectivity index (χ1v) is 6.05. The Bertz CT molecular complexity index is 480. The largest absolute Gasteiger partial charge is 0.454 e. The van der Waals surface area contributed by atoms with Crippen molar-refractivity contribution < 1.29 is 14.3 Å². The fourth-order valence-electron chi connectivity index (χ4n) is 2.21. The molecular formula is C14H19NO3. The van der Waals surface area contributed by atoms with Gasteiger partial charge in [-0.25, -0.2) is 0 Å². The molecule has 4 nitrogen and oxygen atoms in total. The monoisotopic (exact) mass is 249 g/mol. The van der Waals surface area contributed by atoms with Crippen LogP contribution in [0, 0.1) is 6.92 Å².